The molecule has 0 heterocycles. The van der Waals surface area contributed by atoms with E-state index in [9.17, 15) is 16.4 Å². The van der Waals surface area contributed by atoms with E-state index in [-0.39, 0.29) is 0 Å². The lowest BCUT2D eigenvalue weighted by molar-refractivity contribution is 0.368. The fourth-order valence-electron chi connectivity index (χ4n) is 0. The Balaban J connectivity index is 3.02. The Morgan fingerprint density at radius 2 is 0.800 bits per heavy atom. The molecule has 0 aromatic heterocycles. The summed E-state index contributed by atoms with van der Waals surface area (Å²) >= 11 is 0. The first-order chi connectivity index (χ1) is 2.00. The Kier molecular flexibility index (Phi) is 0.951. The van der Waals surface area contributed by atoms with E-state index in [0.717, 1.165) is 0 Å². The van der Waals surface area contributed by atoms with Crippen molar-refractivity contribution in [1.29, 1.82) is 0 Å². The highest BCUT2D eigenvalue weighted by Crippen LogP contribution is 2.06. The molecule has 0 saturated carbocycles. The van der Waals surface area contributed by atoms with E-state index in [1.54, 1.807) is 0 Å². The molecule has 0 aliphatic heterocycles. The van der Waals surface area contributed by atoms with Gasteiger partial charge in [0.2, 0.25) is 0 Å². The van der Waals surface area contributed by atoms with Crippen LogP contribution in [0.15, 0.2) is 0 Å². The topological polar surface area (TPSA) is 0 Å². The van der Waals surface area contributed by atoms with Gasteiger partial charge in [0, 0.05) is 0 Å². The molecule has 0 nitrogen and oxygen atoms in total. The van der Waals surface area contributed by atoms with Gasteiger partial charge in [0.05, 0.1) is 0 Å². The van der Waals surface area contributed by atoms with Crippen LogP contribution in [-0.4, -0.2) is 9.41 Å². The maximum absolute atomic E-state index is 9.83. The first-order valence-corrected chi connectivity index (χ1v) is 2.27. The van der Waals surface area contributed by atoms with Crippen LogP contribution in [-0.2, 0) is 0 Å². The van der Waals surface area contributed by atoms with Gasteiger partial charge in [-0.15, -0.1) is 0 Å². The van der Waals surface area contributed by atoms with Crippen LogP contribution in [0.1, 0.15) is 0 Å². The van der Waals surface area contributed by atoms with Crippen LogP contribution in [0.25, 0.3) is 0 Å². The molecule has 0 aliphatic carbocycles. The third-order valence-corrected chi connectivity index (χ3v) is 0. The fourth-order valence-corrected chi connectivity index (χ4v) is 0. The van der Waals surface area contributed by atoms with E-state index in [2.05, 4.69) is 0 Å². The minimum atomic E-state index is -6.61. The number of rotatable bonds is 0. The quantitative estimate of drug-likeness (QED) is 0.247. The van der Waals surface area contributed by atoms with E-state index in [4.69, 9.17) is 0 Å². The summed E-state index contributed by atoms with van der Waals surface area (Å²) in [4.78, 5) is 0. The molecular formula is F4Si. The highest BCUT2D eigenvalue weighted by Gasteiger charge is 2.39. The summed E-state index contributed by atoms with van der Waals surface area (Å²) in [7, 11) is -6.61. The van der Waals surface area contributed by atoms with E-state index in [0.29, 0.717) is 0 Å². The highest BCUT2D eigenvalue weighted by molar-refractivity contribution is 6.50. The zero-order chi connectivity index (χ0) is 4.50. The molecule has 0 bridgehead atoms. The molecule has 0 saturated heterocycles. The number of hydrogen-bond donors (Lipinski definition) is 0. The second-order valence-electron chi connectivity index (χ2n) is 0.429. The lowest BCUT2D eigenvalue weighted by atomic mass is 18.6. The van der Waals surface area contributed by atoms with E-state index in [1.165, 1.54) is 0 Å². The predicted octanol–water partition coefficient (Wildman–Crippen LogP) is 1.30. The van der Waals surface area contributed by atoms with Crippen LogP contribution in [0.4, 0.5) is 16.4 Å². The van der Waals surface area contributed by atoms with Crippen molar-refractivity contribution < 1.29 is 16.4 Å². The smallest absolute Gasteiger partial charge is 0.211 e. The summed E-state index contributed by atoms with van der Waals surface area (Å²) in [5.74, 6) is 0. The van der Waals surface area contributed by atoms with Crippen LogP contribution < -0.4 is 0 Å². The highest BCUT2D eigenvalue weighted by atomic mass is 28.5. The van der Waals surface area contributed by atoms with Gasteiger partial charge in [-0.1, -0.05) is 0 Å². The first kappa shape index (κ1) is 4.94. The molecule has 0 aromatic rings. The molecule has 0 amide bonds. The zero-order valence-electron chi connectivity index (χ0n) is 2.01. The average Bonchev–Trinajstić information content (AvgIpc) is 0.722. The maximum atomic E-state index is 9.83. The normalized spacial score (nSPS) is 12.0. The molecule has 0 aliphatic rings. The summed E-state index contributed by atoms with van der Waals surface area (Å²) < 4.78 is 39.3. The van der Waals surface area contributed by atoms with Gasteiger partial charge in [-0.25, -0.2) is 16.4 Å². The van der Waals surface area contributed by atoms with Gasteiger partial charge in [-0.3, -0.25) is 0 Å². The molecule has 5 heteroatoms. The van der Waals surface area contributed by atoms with Crippen molar-refractivity contribution in [3.8, 4) is 0 Å². The third kappa shape index (κ3) is 3710. The minimum Gasteiger partial charge on any atom is -0.211 e. The Bertz CT molecular complexity index is 19.1. The third-order valence-electron chi connectivity index (χ3n) is 0. The van der Waals surface area contributed by atoms with Gasteiger partial charge >= 0.3 is 9.41 Å². The minimum absolute atomic E-state index is 6.61. The van der Waals surface area contributed by atoms with Crippen molar-refractivity contribution in [2.24, 2.45) is 0 Å². The molecule has 0 unspecified atom stereocenters. The molecule has 5 heavy (non-hydrogen) atoms. The van der Waals surface area contributed by atoms with E-state index >= 15 is 0 Å². The van der Waals surface area contributed by atoms with Gasteiger partial charge in [-0.05, 0) is 0 Å². The summed E-state index contributed by atoms with van der Waals surface area (Å²) in [6.07, 6.45) is 0. The Hall–Kier alpha value is -0.0631. The van der Waals surface area contributed by atoms with Crippen molar-refractivity contribution >= 4 is 9.41 Å². The van der Waals surface area contributed by atoms with Crippen molar-refractivity contribution in [1.82, 2.24) is 0 Å². The van der Waals surface area contributed by atoms with Crippen molar-refractivity contribution in [2.75, 3.05) is 0 Å². The Morgan fingerprint density at radius 3 is 0.800 bits per heavy atom. The Labute approximate surface area is 27.1 Å². The van der Waals surface area contributed by atoms with Gasteiger partial charge in [0.25, 0.3) is 0 Å². The van der Waals surface area contributed by atoms with Crippen LogP contribution in [0.3, 0.4) is 0 Å². The van der Waals surface area contributed by atoms with Crippen LogP contribution in [0.5, 0.6) is 0 Å². The monoisotopic (exact) mass is 104 g/mol. The molecule has 0 fully saturated rings. The summed E-state index contributed by atoms with van der Waals surface area (Å²) in [6.45, 7) is 0. The summed E-state index contributed by atoms with van der Waals surface area (Å²) in [5, 5.41) is 0. The average molecular weight is 104 g/mol. The lowest BCUT2D eigenvalue weighted by Gasteiger charge is -1.75. The van der Waals surface area contributed by atoms with Crippen LogP contribution in [0.2, 0.25) is 0 Å². The van der Waals surface area contributed by atoms with Gasteiger partial charge in [-0.2, -0.15) is 0 Å². The molecule has 0 rings (SSSR count). The molecule has 0 aromatic carbocycles. The maximum Gasteiger partial charge on any atom is 0.844 e. The largest absolute Gasteiger partial charge is 0.844 e. The Morgan fingerprint density at radius 1 is 0.800 bits per heavy atom. The summed E-state index contributed by atoms with van der Waals surface area (Å²) in [6, 6.07) is 0. The van der Waals surface area contributed by atoms with Crippen LogP contribution >= 0.6 is 0 Å². The molecule has 0 atom stereocenters. The second kappa shape index (κ2) is 0.963. The van der Waals surface area contributed by atoms with Crippen molar-refractivity contribution in [3.05, 3.63) is 0 Å². The fraction of sp³-hybridized carbons (Fsp3) is 0. The predicted molar refractivity (Wildman–Crippen MR) is 10.2 cm³/mol. The van der Waals surface area contributed by atoms with Crippen molar-refractivity contribution in [2.45, 2.75) is 0 Å². The van der Waals surface area contributed by atoms with Gasteiger partial charge in [0.1, 0.15) is 0 Å². The lowest BCUT2D eigenvalue weighted by Crippen LogP contribution is -2.02. The molecule has 32 valence electrons. The number of hydrogen-bond acceptors (Lipinski definition) is 0. The standard InChI is InChI=1S/F4Si/c1-5(2,3)4. The molecule has 0 radical (unpaired) electrons. The first-order valence-electron chi connectivity index (χ1n) is 0.756. The molecule has 0 spiro atoms. The van der Waals surface area contributed by atoms with E-state index < -0.39 is 9.41 Å². The SMILES string of the molecule is F[Si](F)(F)F. The van der Waals surface area contributed by atoms with Gasteiger partial charge < -0.3 is 0 Å². The number of halogens is 4. The zero-order valence-corrected chi connectivity index (χ0v) is 3.01. The second-order valence-corrected chi connectivity index (χ2v) is 1.29. The van der Waals surface area contributed by atoms with Gasteiger partial charge in [0.15, 0.2) is 0 Å². The van der Waals surface area contributed by atoms with E-state index in [1.807, 2.05) is 0 Å². The van der Waals surface area contributed by atoms with Crippen LogP contribution in [0, 0.1) is 0 Å². The molecule has 0 N–H and O–H groups in total. The molecular weight excluding hydrogens is 104 g/mol. The summed E-state index contributed by atoms with van der Waals surface area (Å²) in [5.41, 5.74) is 0. The van der Waals surface area contributed by atoms with Crippen molar-refractivity contribution in [3.63, 3.8) is 0 Å².